The fraction of sp³-hybridized carbons (Fsp3) is 0.931. The predicted molar refractivity (Wildman–Crippen MR) is 161 cm³/mol. The van der Waals surface area contributed by atoms with Gasteiger partial charge in [-0.2, -0.15) is 0 Å². The molecule has 3 aliphatic rings. The molecule has 38 heavy (non-hydrogen) atoms. The standard InChI is InChI=1S/C29H57BO6Si2/c1-19(2)37(20(3)4,21(5)6)33-22-17-24(30-35-28(13,14)29(15,16)36-30)32-23-18-31-38(26(7,8)9,27(10,11)12)34-25(22)23/h17,19-23,25H,18H2,1-16H3/t22-,23-,25?/m1/s1. The van der Waals surface area contributed by atoms with Crippen LogP contribution in [-0.4, -0.2) is 60.1 Å². The van der Waals surface area contributed by atoms with Gasteiger partial charge in [0.2, 0.25) is 8.32 Å². The van der Waals surface area contributed by atoms with E-state index in [0.717, 1.165) is 0 Å². The molecular formula is C29H57BO6Si2. The summed E-state index contributed by atoms with van der Waals surface area (Å²) in [5.74, 6) is 0. The molecule has 6 nitrogen and oxygen atoms in total. The minimum Gasteiger partial charge on any atom is -0.493 e. The first-order valence-electron chi connectivity index (χ1n) is 14.8. The Labute approximate surface area is 236 Å². The average molecular weight is 569 g/mol. The van der Waals surface area contributed by atoms with Crippen LogP contribution in [0.25, 0.3) is 0 Å². The Bertz CT molecular complexity index is 835. The Morgan fingerprint density at radius 1 is 0.868 bits per heavy atom. The first-order chi connectivity index (χ1) is 17.0. The fourth-order valence-corrected chi connectivity index (χ4v) is 17.6. The number of ether oxygens (including phenoxy) is 1. The molecule has 220 valence electrons. The maximum atomic E-state index is 7.46. The number of hydrogen-bond donors (Lipinski definition) is 0. The van der Waals surface area contributed by atoms with Crippen molar-refractivity contribution in [3.8, 4) is 0 Å². The van der Waals surface area contributed by atoms with Crippen molar-refractivity contribution in [2.24, 2.45) is 0 Å². The summed E-state index contributed by atoms with van der Waals surface area (Å²) in [7, 11) is -5.56. The van der Waals surface area contributed by atoms with Crippen molar-refractivity contribution in [3.63, 3.8) is 0 Å². The van der Waals surface area contributed by atoms with Crippen LogP contribution in [0.1, 0.15) is 111 Å². The van der Waals surface area contributed by atoms with Crippen molar-refractivity contribution in [1.29, 1.82) is 0 Å². The predicted octanol–water partition coefficient (Wildman–Crippen LogP) is 7.92. The summed E-state index contributed by atoms with van der Waals surface area (Å²) in [4.78, 5) is 0. The van der Waals surface area contributed by atoms with Crippen LogP contribution >= 0.6 is 0 Å². The maximum Gasteiger partial charge on any atom is 0.531 e. The molecule has 3 rings (SSSR count). The Balaban J connectivity index is 2.12. The highest BCUT2D eigenvalue weighted by Crippen LogP contribution is 2.56. The third-order valence-electron chi connectivity index (χ3n) is 9.57. The molecule has 2 fully saturated rings. The van der Waals surface area contributed by atoms with Crippen molar-refractivity contribution in [1.82, 2.24) is 0 Å². The van der Waals surface area contributed by atoms with Crippen LogP contribution < -0.4 is 0 Å². The summed E-state index contributed by atoms with van der Waals surface area (Å²) in [6.07, 6.45) is 1.32. The van der Waals surface area contributed by atoms with Gasteiger partial charge in [0.15, 0.2) is 0 Å². The molecule has 9 heteroatoms. The second kappa shape index (κ2) is 10.3. The van der Waals surface area contributed by atoms with Crippen molar-refractivity contribution in [2.75, 3.05) is 6.61 Å². The van der Waals surface area contributed by atoms with Gasteiger partial charge in [-0.3, -0.25) is 0 Å². The summed E-state index contributed by atoms with van der Waals surface area (Å²) in [5.41, 5.74) is 1.11. The quantitative estimate of drug-likeness (QED) is 0.304. The van der Waals surface area contributed by atoms with Crippen LogP contribution in [0.15, 0.2) is 11.7 Å². The second-order valence-corrected chi connectivity index (χ2v) is 25.9. The lowest BCUT2D eigenvalue weighted by molar-refractivity contribution is -0.125. The molecule has 3 atom stereocenters. The van der Waals surface area contributed by atoms with Gasteiger partial charge < -0.3 is 27.3 Å². The van der Waals surface area contributed by atoms with Crippen LogP contribution in [0.4, 0.5) is 0 Å². The monoisotopic (exact) mass is 568 g/mol. The summed E-state index contributed by atoms with van der Waals surface area (Å²) in [5, 5.41) is -0.252. The Hall–Kier alpha value is -0.161. The lowest BCUT2D eigenvalue weighted by atomic mass is 9.83. The van der Waals surface area contributed by atoms with E-state index in [1.807, 2.05) is 0 Å². The molecule has 2 saturated heterocycles. The van der Waals surface area contributed by atoms with Crippen molar-refractivity contribution in [3.05, 3.63) is 11.7 Å². The first-order valence-corrected chi connectivity index (χ1v) is 18.7. The van der Waals surface area contributed by atoms with Gasteiger partial charge in [0.1, 0.15) is 17.9 Å². The van der Waals surface area contributed by atoms with E-state index < -0.39 is 35.2 Å². The van der Waals surface area contributed by atoms with E-state index in [2.05, 4.69) is 117 Å². The molecule has 0 saturated carbocycles. The van der Waals surface area contributed by atoms with Crippen LogP contribution in [0.3, 0.4) is 0 Å². The normalized spacial score (nSPS) is 29.5. The highest BCUT2D eigenvalue weighted by atomic mass is 28.4. The van der Waals surface area contributed by atoms with E-state index in [-0.39, 0.29) is 28.4 Å². The Kier molecular flexibility index (Phi) is 8.75. The van der Waals surface area contributed by atoms with Gasteiger partial charge in [-0.15, -0.1) is 0 Å². The van der Waals surface area contributed by atoms with Crippen molar-refractivity contribution >= 4 is 24.0 Å². The second-order valence-electron chi connectivity index (χ2n) is 15.7. The molecule has 3 aliphatic heterocycles. The van der Waals surface area contributed by atoms with Crippen LogP contribution in [-0.2, 0) is 27.3 Å². The van der Waals surface area contributed by atoms with E-state index in [9.17, 15) is 0 Å². The largest absolute Gasteiger partial charge is 0.531 e. The summed E-state index contributed by atoms with van der Waals surface area (Å²) in [6, 6.07) is 0. The molecule has 0 aliphatic carbocycles. The van der Waals surface area contributed by atoms with E-state index in [1.54, 1.807) is 0 Å². The van der Waals surface area contributed by atoms with Gasteiger partial charge in [0.05, 0.1) is 23.9 Å². The van der Waals surface area contributed by atoms with Gasteiger partial charge in [-0.05, 0) is 50.4 Å². The van der Waals surface area contributed by atoms with Gasteiger partial charge in [-0.25, -0.2) is 0 Å². The molecule has 0 spiro atoms. The van der Waals surface area contributed by atoms with E-state index in [0.29, 0.717) is 28.9 Å². The number of hydrogen-bond acceptors (Lipinski definition) is 6. The van der Waals surface area contributed by atoms with Crippen molar-refractivity contribution in [2.45, 2.75) is 167 Å². The lowest BCUT2D eigenvalue weighted by Crippen LogP contribution is -2.69. The first kappa shape index (κ1) is 32.4. The van der Waals surface area contributed by atoms with Gasteiger partial charge in [0, 0.05) is 10.1 Å². The third kappa shape index (κ3) is 5.27. The smallest absolute Gasteiger partial charge is 0.493 e. The zero-order chi connectivity index (χ0) is 29.3. The zero-order valence-electron chi connectivity index (χ0n) is 27.3. The molecule has 0 aromatic rings. The number of rotatable bonds is 6. The summed E-state index contributed by atoms with van der Waals surface area (Å²) in [6.45, 7) is 36.3. The molecule has 0 aromatic carbocycles. The molecule has 0 aromatic heterocycles. The maximum absolute atomic E-state index is 7.46. The topological polar surface area (TPSA) is 55.4 Å². The summed E-state index contributed by atoms with van der Waals surface area (Å²) < 4.78 is 41.0. The molecule has 1 unspecified atom stereocenters. The van der Waals surface area contributed by atoms with Gasteiger partial charge >= 0.3 is 15.7 Å². The van der Waals surface area contributed by atoms with Gasteiger partial charge in [0.25, 0.3) is 0 Å². The molecule has 3 heterocycles. The third-order valence-corrected chi connectivity index (χ3v) is 20.8. The zero-order valence-corrected chi connectivity index (χ0v) is 29.3. The average Bonchev–Trinajstić information content (AvgIpc) is 2.95. The van der Waals surface area contributed by atoms with Crippen molar-refractivity contribution < 1.29 is 27.3 Å². The van der Waals surface area contributed by atoms with Crippen LogP contribution in [0.5, 0.6) is 0 Å². The molecule has 0 bridgehead atoms. The highest BCUT2D eigenvalue weighted by molar-refractivity contribution is 6.77. The lowest BCUT2D eigenvalue weighted by Gasteiger charge is -2.57. The van der Waals surface area contributed by atoms with E-state index in [4.69, 9.17) is 27.3 Å². The van der Waals surface area contributed by atoms with E-state index >= 15 is 0 Å². The van der Waals surface area contributed by atoms with Gasteiger partial charge in [-0.1, -0.05) is 83.1 Å². The molecule has 0 N–H and O–H groups in total. The minimum absolute atomic E-state index is 0.126. The molecule has 0 amide bonds. The fourth-order valence-electron chi connectivity index (χ4n) is 7.20. The minimum atomic E-state index is -2.73. The Morgan fingerprint density at radius 3 is 1.71 bits per heavy atom. The van der Waals surface area contributed by atoms with E-state index in [1.165, 1.54) is 0 Å². The van der Waals surface area contributed by atoms with Crippen LogP contribution in [0, 0.1) is 0 Å². The molecule has 0 radical (unpaired) electrons. The molecular weight excluding hydrogens is 511 g/mol. The highest BCUT2D eigenvalue weighted by Gasteiger charge is 2.65. The van der Waals surface area contributed by atoms with Crippen LogP contribution in [0.2, 0.25) is 26.7 Å². The summed E-state index contributed by atoms with van der Waals surface area (Å²) >= 11 is 0. The Morgan fingerprint density at radius 2 is 1.32 bits per heavy atom. The SMILES string of the molecule is CC(C)[Si](O[C@@H]1C=C(B2OC(C)(C)C(C)(C)O2)O[C@@H]2CO[Si](C(C)(C)C)(C(C)(C)C)OC12)(C(C)C)C(C)C. The number of fused-ring (bicyclic) bond motifs is 1.